The van der Waals surface area contributed by atoms with Gasteiger partial charge in [-0.1, -0.05) is 6.92 Å². The number of carbonyl (C=O) groups is 1. The highest BCUT2D eigenvalue weighted by Gasteiger charge is 2.31. The van der Waals surface area contributed by atoms with E-state index in [-0.39, 0.29) is 17.1 Å². The van der Waals surface area contributed by atoms with Crippen molar-refractivity contribution >= 4 is 17.3 Å². The minimum Gasteiger partial charge on any atom is -0.506 e. The number of carbonyl (C=O) groups excluding carboxylic acids is 1. The fourth-order valence-corrected chi connectivity index (χ4v) is 1.39. The molecule has 0 spiro atoms. The summed E-state index contributed by atoms with van der Waals surface area (Å²) >= 11 is 0. The molecule has 0 saturated carbocycles. The fraction of sp³-hybridized carbons (Fsp3) is 0.417. The van der Waals surface area contributed by atoms with Crippen LogP contribution in [0, 0.1) is 10.1 Å². The second-order valence-corrected chi connectivity index (χ2v) is 4.20. The zero-order valence-electron chi connectivity index (χ0n) is 11.0. The summed E-state index contributed by atoms with van der Waals surface area (Å²) in [6.07, 6.45) is 0.447. The molecule has 0 saturated heterocycles. The summed E-state index contributed by atoms with van der Waals surface area (Å²) < 4.78 is 5.12. The molecule has 0 bridgehead atoms. The van der Waals surface area contributed by atoms with Gasteiger partial charge < -0.3 is 15.2 Å². The molecule has 2 N–H and O–H groups in total. The Morgan fingerprint density at radius 2 is 2.21 bits per heavy atom. The van der Waals surface area contributed by atoms with Crippen LogP contribution in [0.4, 0.5) is 11.4 Å². The van der Waals surface area contributed by atoms with Crippen molar-refractivity contribution < 1.29 is 19.6 Å². The fourth-order valence-electron chi connectivity index (χ4n) is 1.39. The van der Waals surface area contributed by atoms with E-state index in [9.17, 15) is 20.0 Å². The van der Waals surface area contributed by atoms with Crippen LogP contribution in [-0.4, -0.2) is 28.6 Å². The highest BCUT2D eigenvalue weighted by molar-refractivity contribution is 5.98. The van der Waals surface area contributed by atoms with Gasteiger partial charge in [0, 0.05) is 13.2 Å². The Kier molecular flexibility index (Phi) is 4.44. The number of nitro groups is 1. The molecule has 104 valence electrons. The van der Waals surface area contributed by atoms with Gasteiger partial charge in [0.25, 0.3) is 11.6 Å². The number of hydrogen-bond donors (Lipinski definition) is 2. The average molecular weight is 268 g/mol. The largest absolute Gasteiger partial charge is 0.506 e. The van der Waals surface area contributed by atoms with Crippen molar-refractivity contribution in [2.45, 2.75) is 25.9 Å². The van der Waals surface area contributed by atoms with Crippen LogP contribution in [0.1, 0.15) is 20.3 Å². The van der Waals surface area contributed by atoms with Crippen LogP contribution in [-0.2, 0) is 9.53 Å². The molecule has 1 rings (SSSR count). The number of rotatable bonds is 5. The number of phenols is 1. The number of phenolic OH excluding ortho intramolecular Hbond substituents is 1. The summed E-state index contributed by atoms with van der Waals surface area (Å²) in [5.41, 5.74) is -1.17. The maximum atomic E-state index is 12.0. The first-order chi connectivity index (χ1) is 8.84. The molecule has 0 aliphatic carbocycles. The van der Waals surface area contributed by atoms with Crippen molar-refractivity contribution in [3.8, 4) is 5.75 Å². The van der Waals surface area contributed by atoms with Crippen LogP contribution < -0.4 is 5.32 Å². The second kappa shape index (κ2) is 5.66. The molecule has 1 aromatic carbocycles. The molecule has 19 heavy (non-hydrogen) atoms. The third kappa shape index (κ3) is 3.19. The molecule has 0 aliphatic rings. The van der Waals surface area contributed by atoms with Crippen molar-refractivity contribution in [2.24, 2.45) is 0 Å². The highest BCUT2D eigenvalue weighted by atomic mass is 16.6. The van der Waals surface area contributed by atoms with E-state index in [1.807, 2.05) is 0 Å². The molecule has 1 atom stereocenters. The summed E-state index contributed by atoms with van der Waals surface area (Å²) in [4.78, 5) is 21.9. The first kappa shape index (κ1) is 14.9. The van der Waals surface area contributed by atoms with Gasteiger partial charge >= 0.3 is 0 Å². The van der Waals surface area contributed by atoms with Crippen molar-refractivity contribution in [2.75, 3.05) is 12.4 Å². The van der Waals surface area contributed by atoms with Gasteiger partial charge in [0.05, 0.1) is 16.7 Å². The SMILES string of the molecule is CCC(C)(OC)C(=O)Nc1ccc([N+](=O)[O-])cc1O. The number of hydrogen-bond acceptors (Lipinski definition) is 5. The lowest BCUT2D eigenvalue weighted by atomic mass is 10.0. The van der Waals surface area contributed by atoms with Gasteiger partial charge in [-0.05, 0) is 19.4 Å². The maximum absolute atomic E-state index is 12.0. The van der Waals surface area contributed by atoms with Gasteiger partial charge in [-0.3, -0.25) is 14.9 Å². The van der Waals surface area contributed by atoms with Crippen LogP contribution in [0.5, 0.6) is 5.75 Å². The summed E-state index contributed by atoms with van der Waals surface area (Å²) in [5.74, 6) is -0.793. The third-order valence-electron chi connectivity index (χ3n) is 3.05. The number of benzene rings is 1. The molecule has 1 aromatic rings. The summed E-state index contributed by atoms with van der Waals surface area (Å²) in [5, 5.41) is 22.6. The van der Waals surface area contributed by atoms with Crippen molar-refractivity contribution in [3.05, 3.63) is 28.3 Å². The predicted molar refractivity (Wildman–Crippen MR) is 69.1 cm³/mol. The standard InChI is InChI=1S/C12H16N2O5/c1-4-12(2,19-3)11(16)13-9-6-5-8(14(17)18)7-10(9)15/h5-7,15H,4H2,1-3H3,(H,13,16). The molecule has 7 heteroatoms. The number of amides is 1. The van der Waals surface area contributed by atoms with Crippen LogP contribution in [0.2, 0.25) is 0 Å². The first-order valence-electron chi connectivity index (χ1n) is 5.68. The molecule has 0 aromatic heterocycles. The van der Waals surface area contributed by atoms with Gasteiger partial charge in [0.2, 0.25) is 0 Å². The zero-order chi connectivity index (χ0) is 14.6. The van der Waals surface area contributed by atoms with E-state index in [1.165, 1.54) is 19.2 Å². The number of nitrogens with zero attached hydrogens (tertiary/aromatic N) is 1. The topological polar surface area (TPSA) is 102 Å². The Labute approximate surface area is 110 Å². The van der Waals surface area contributed by atoms with E-state index >= 15 is 0 Å². The normalized spacial score (nSPS) is 13.6. The molecule has 0 heterocycles. The molecule has 1 amide bonds. The van der Waals surface area contributed by atoms with E-state index in [0.29, 0.717) is 6.42 Å². The second-order valence-electron chi connectivity index (χ2n) is 4.20. The first-order valence-corrected chi connectivity index (χ1v) is 5.68. The highest BCUT2D eigenvalue weighted by Crippen LogP contribution is 2.29. The molecule has 0 aliphatic heterocycles. The smallest absolute Gasteiger partial charge is 0.273 e. The number of ether oxygens (including phenoxy) is 1. The number of nitro benzene ring substituents is 1. The van der Waals surface area contributed by atoms with E-state index in [1.54, 1.807) is 13.8 Å². The molecule has 0 fully saturated rings. The quantitative estimate of drug-likeness (QED) is 0.483. The Bertz CT molecular complexity index is 497. The van der Waals surface area contributed by atoms with E-state index in [0.717, 1.165) is 6.07 Å². The Morgan fingerprint density at radius 3 is 2.63 bits per heavy atom. The Hall–Kier alpha value is -2.15. The number of anilines is 1. The zero-order valence-corrected chi connectivity index (χ0v) is 11.0. The summed E-state index contributed by atoms with van der Waals surface area (Å²) in [6, 6.07) is 3.45. The third-order valence-corrected chi connectivity index (χ3v) is 3.05. The van der Waals surface area contributed by atoms with Gasteiger partial charge in [0.15, 0.2) is 0 Å². The molecule has 7 nitrogen and oxygen atoms in total. The van der Waals surface area contributed by atoms with Crippen LogP contribution in [0.25, 0.3) is 0 Å². The van der Waals surface area contributed by atoms with Gasteiger partial charge in [-0.25, -0.2) is 0 Å². The van der Waals surface area contributed by atoms with Gasteiger partial charge in [-0.15, -0.1) is 0 Å². The lowest BCUT2D eigenvalue weighted by Gasteiger charge is -2.25. The predicted octanol–water partition coefficient (Wildman–Crippen LogP) is 2.05. The van der Waals surface area contributed by atoms with Crippen LogP contribution in [0.3, 0.4) is 0 Å². The van der Waals surface area contributed by atoms with Gasteiger partial charge in [0.1, 0.15) is 11.4 Å². The van der Waals surface area contributed by atoms with E-state index in [4.69, 9.17) is 4.74 Å². The number of nitrogens with one attached hydrogen (secondary N) is 1. The van der Waals surface area contributed by atoms with Crippen molar-refractivity contribution in [1.82, 2.24) is 0 Å². The van der Waals surface area contributed by atoms with Crippen molar-refractivity contribution in [1.29, 1.82) is 0 Å². The van der Waals surface area contributed by atoms with E-state index in [2.05, 4.69) is 5.32 Å². The molecule has 1 unspecified atom stereocenters. The number of aromatic hydroxyl groups is 1. The summed E-state index contributed by atoms with van der Waals surface area (Å²) in [6.45, 7) is 3.41. The molecular formula is C12H16N2O5. The lowest BCUT2D eigenvalue weighted by molar-refractivity contribution is -0.384. The molecular weight excluding hydrogens is 252 g/mol. The maximum Gasteiger partial charge on any atom is 0.273 e. The Morgan fingerprint density at radius 1 is 1.58 bits per heavy atom. The minimum absolute atomic E-state index is 0.104. The minimum atomic E-state index is -1.02. The Balaban J connectivity index is 2.95. The van der Waals surface area contributed by atoms with Crippen LogP contribution in [0.15, 0.2) is 18.2 Å². The van der Waals surface area contributed by atoms with Gasteiger partial charge in [-0.2, -0.15) is 0 Å². The average Bonchev–Trinajstić information content (AvgIpc) is 2.39. The summed E-state index contributed by atoms with van der Waals surface area (Å²) in [7, 11) is 1.42. The monoisotopic (exact) mass is 268 g/mol. The van der Waals surface area contributed by atoms with Crippen molar-refractivity contribution in [3.63, 3.8) is 0 Å². The number of non-ortho nitro benzene ring substituents is 1. The molecule has 0 radical (unpaired) electrons. The number of methoxy groups -OCH3 is 1. The van der Waals surface area contributed by atoms with Crippen LogP contribution >= 0.6 is 0 Å². The lowest BCUT2D eigenvalue weighted by Crippen LogP contribution is -2.41. The van der Waals surface area contributed by atoms with E-state index < -0.39 is 16.4 Å².